The Morgan fingerprint density at radius 2 is 1.87 bits per heavy atom. The van der Waals surface area contributed by atoms with E-state index >= 15 is 0 Å². The summed E-state index contributed by atoms with van der Waals surface area (Å²) < 4.78 is 4.94. The highest BCUT2D eigenvalue weighted by Crippen LogP contribution is 2.15. The second kappa shape index (κ2) is 14.1. The summed E-state index contributed by atoms with van der Waals surface area (Å²) in [5.41, 5.74) is 0.322. The van der Waals surface area contributed by atoms with E-state index in [1.807, 2.05) is 20.1 Å². The lowest BCUT2D eigenvalue weighted by atomic mass is 10.0. The van der Waals surface area contributed by atoms with Crippen LogP contribution in [0.2, 0.25) is 5.02 Å². The van der Waals surface area contributed by atoms with Crippen LogP contribution in [0.15, 0.2) is 24.3 Å². The summed E-state index contributed by atoms with van der Waals surface area (Å²) in [6, 6.07) is 5.73. The van der Waals surface area contributed by atoms with Crippen LogP contribution in [-0.2, 0) is 9.53 Å². The summed E-state index contributed by atoms with van der Waals surface area (Å²) >= 11 is 7.68. The van der Waals surface area contributed by atoms with Crippen molar-refractivity contribution >= 4 is 41.3 Å². The highest BCUT2D eigenvalue weighted by molar-refractivity contribution is 7.98. The maximum atomic E-state index is 12.8. The fourth-order valence-corrected chi connectivity index (χ4v) is 3.53. The number of ether oxygens (including phenoxy) is 1. The van der Waals surface area contributed by atoms with Gasteiger partial charge in [0.1, 0.15) is 6.04 Å². The van der Waals surface area contributed by atoms with Gasteiger partial charge in [-0.1, -0.05) is 37.6 Å². The first-order valence-electron chi connectivity index (χ1n) is 10.0. The van der Waals surface area contributed by atoms with E-state index in [0.29, 0.717) is 35.1 Å². The highest BCUT2D eigenvalue weighted by atomic mass is 35.5. The molecule has 2 atom stereocenters. The third kappa shape index (κ3) is 9.71. The van der Waals surface area contributed by atoms with Gasteiger partial charge >= 0.3 is 6.09 Å². The Morgan fingerprint density at radius 3 is 2.47 bits per heavy atom. The molecule has 1 aromatic carbocycles. The van der Waals surface area contributed by atoms with E-state index < -0.39 is 18.0 Å². The zero-order valence-electron chi connectivity index (χ0n) is 18.0. The molecule has 0 bridgehead atoms. The van der Waals surface area contributed by atoms with Crippen molar-refractivity contribution in [2.75, 3.05) is 25.2 Å². The first-order valence-corrected chi connectivity index (χ1v) is 11.8. The van der Waals surface area contributed by atoms with Crippen LogP contribution in [0.3, 0.4) is 0 Å². The molecule has 0 aromatic heterocycles. The molecule has 9 heteroatoms. The van der Waals surface area contributed by atoms with Crippen molar-refractivity contribution in [1.29, 1.82) is 0 Å². The average molecular weight is 458 g/mol. The minimum Gasteiger partial charge on any atom is -0.450 e. The van der Waals surface area contributed by atoms with Crippen molar-refractivity contribution in [1.82, 2.24) is 16.0 Å². The fraction of sp³-hybridized carbons (Fsp3) is 0.571. The Hall–Kier alpha value is -1.93. The van der Waals surface area contributed by atoms with Gasteiger partial charge in [-0.3, -0.25) is 9.59 Å². The van der Waals surface area contributed by atoms with Gasteiger partial charge in [-0.15, -0.1) is 0 Å². The van der Waals surface area contributed by atoms with Crippen LogP contribution in [0.25, 0.3) is 0 Å². The lowest BCUT2D eigenvalue weighted by Gasteiger charge is -2.23. The summed E-state index contributed by atoms with van der Waals surface area (Å²) in [7, 11) is 0. The van der Waals surface area contributed by atoms with Crippen molar-refractivity contribution in [3.63, 3.8) is 0 Å². The summed E-state index contributed by atoms with van der Waals surface area (Å²) in [6.07, 6.45) is 2.58. The van der Waals surface area contributed by atoms with Crippen molar-refractivity contribution in [3.05, 3.63) is 34.9 Å². The predicted octanol–water partition coefficient (Wildman–Crippen LogP) is 3.47. The molecule has 2 unspecified atom stereocenters. The normalized spacial score (nSPS) is 12.7. The fourth-order valence-electron chi connectivity index (χ4n) is 2.83. The Labute approximate surface area is 188 Å². The third-order valence-electron chi connectivity index (χ3n) is 4.23. The van der Waals surface area contributed by atoms with Crippen molar-refractivity contribution in [2.24, 2.45) is 5.92 Å². The molecule has 7 nitrogen and oxygen atoms in total. The van der Waals surface area contributed by atoms with Gasteiger partial charge in [-0.05, 0) is 49.8 Å². The van der Waals surface area contributed by atoms with E-state index in [1.165, 1.54) is 0 Å². The number of amides is 3. The molecule has 1 aromatic rings. The molecule has 30 heavy (non-hydrogen) atoms. The number of carbonyl (C=O) groups excluding carboxylic acids is 3. The van der Waals surface area contributed by atoms with Crippen LogP contribution in [-0.4, -0.2) is 55.2 Å². The molecule has 1 rings (SSSR count). The smallest absolute Gasteiger partial charge is 0.407 e. The van der Waals surface area contributed by atoms with Gasteiger partial charge in [0.05, 0.1) is 17.2 Å². The molecule has 0 saturated heterocycles. The molecule has 3 amide bonds. The van der Waals surface area contributed by atoms with E-state index in [1.54, 1.807) is 43.0 Å². The topological polar surface area (TPSA) is 96.5 Å². The van der Waals surface area contributed by atoms with Gasteiger partial charge in [0.25, 0.3) is 5.91 Å². The standard InChI is InChI=1S/C21H32ClN3O4S/c1-5-29-21(28)24-15(12-14(2)3)13-23-20(27)18(10-11-30-4)25-19(26)16-8-6-7-9-17(16)22/h6-9,14-15,18H,5,10-13H2,1-4H3,(H,23,27)(H,24,28)(H,25,26). The van der Waals surface area contributed by atoms with E-state index in [2.05, 4.69) is 16.0 Å². The number of hydrogen-bond acceptors (Lipinski definition) is 5. The average Bonchev–Trinajstić information content (AvgIpc) is 2.69. The van der Waals surface area contributed by atoms with Crippen LogP contribution >= 0.6 is 23.4 Å². The Bertz CT molecular complexity index is 703. The zero-order chi connectivity index (χ0) is 22.5. The SMILES string of the molecule is CCOC(=O)NC(CNC(=O)C(CCSC)NC(=O)c1ccccc1Cl)CC(C)C. The van der Waals surface area contributed by atoms with E-state index in [0.717, 1.165) is 0 Å². The summed E-state index contributed by atoms with van der Waals surface area (Å²) in [4.78, 5) is 37.2. The quantitative estimate of drug-likeness (QED) is 0.446. The monoisotopic (exact) mass is 457 g/mol. The largest absolute Gasteiger partial charge is 0.450 e. The lowest BCUT2D eigenvalue weighted by molar-refractivity contribution is -0.123. The van der Waals surface area contributed by atoms with Gasteiger partial charge in [-0.25, -0.2) is 4.79 Å². The van der Waals surface area contributed by atoms with Gasteiger partial charge in [0, 0.05) is 12.6 Å². The molecule has 0 radical (unpaired) electrons. The van der Waals surface area contributed by atoms with Crippen LogP contribution in [0.5, 0.6) is 0 Å². The van der Waals surface area contributed by atoms with Crippen LogP contribution in [0.4, 0.5) is 4.79 Å². The number of hydrogen-bond donors (Lipinski definition) is 3. The first kappa shape index (κ1) is 26.1. The van der Waals surface area contributed by atoms with Gasteiger partial charge in [0.2, 0.25) is 5.91 Å². The molecule has 0 heterocycles. The molecule has 0 aliphatic rings. The lowest BCUT2D eigenvalue weighted by Crippen LogP contribution is -2.51. The number of rotatable bonds is 12. The molecule has 0 spiro atoms. The second-order valence-corrected chi connectivity index (χ2v) is 8.62. The van der Waals surface area contributed by atoms with E-state index in [4.69, 9.17) is 16.3 Å². The van der Waals surface area contributed by atoms with Crippen molar-refractivity contribution in [2.45, 2.75) is 45.7 Å². The minimum atomic E-state index is -0.705. The molecular weight excluding hydrogens is 426 g/mol. The third-order valence-corrected chi connectivity index (χ3v) is 5.20. The minimum absolute atomic E-state index is 0.244. The number of thioether (sulfide) groups is 1. The molecule has 0 aliphatic heterocycles. The summed E-state index contributed by atoms with van der Waals surface area (Å²) in [5.74, 6) is 0.326. The van der Waals surface area contributed by atoms with Gasteiger partial charge < -0.3 is 20.7 Å². The van der Waals surface area contributed by atoms with Crippen LogP contribution in [0.1, 0.15) is 44.0 Å². The van der Waals surface area contributed by atoms with Crippen LogP contribution < -0.4 is 16.0 Å². The van der Waals surface area contributed by atoms with E-state index in [9.17, 15) is 14.4 Å². The zero-order valence-corrected chi connectivity index (χ0v) is 19.6. The van der Waals surface area contributed by atoms with Crippen molar-refractivity contribution in [3.8, 4) is 0 Å². The Balaban J connectivity index is 2.77. The number of benzene rings is 1. The van der Waals surface area contributed by atoms with Gasteiger partial charge in [0.15, 0.2) is 0 Å². The number of carbonyl (C=O) groups is 3. The highest BCUT2D eigenvalue weighted by Gasteiger charge is 2.23. The predicted molar refractivity (Wildman–Crippen MR) is 122 cm³/mol. The number of halogens is 1. The maximum Gasteiger partial charge on any atom is 0.407 e. The molecule has 168 valence electrons. The number of alkyl carbamates (subject to hydrolysis) is 1. The van der Waals surface area contributed by atoms with E-state index in [-0.39, 0.29) is 25.1 Å². The molecular formula is C21H32ClN3O4S. The van der Waals surface area contributed by atoms with Gasteiger partial charge in [-0.2, -0.15) is 11.8 Å². The summed E-state index contributed by atoms with van der Waals surface area (Å²) in [5, 5.41) is 8.73. The summed E-state index contributed by atoms with van der Waals surface area (Å²) in [6.45, 7) is 6.32. The maximum absolute atomic E-state index is 12.8. The second-order valence-electron chi connectivity index (χ2n) is 7.22. The first-order chi connectivity index (χ1) is 14.3. The Kier molecular flexibility index (Phi) is 12.3. The van der Waals surface area contributed by atoms with Crippen LogP contribution in [0, 0.1) is 5.92 Å². The molecule has 0 fully saturated rings. The molecule has 3 N–H and O–H groups in total. The van der Waals surface area contributed by atoms with Crippen molar-refractivity contribution < 1.29 is 19.1 Å². The Morgan fingerprint density at radius 1 is 1.17 bits per heavy atom. The molecule has 0 aliphatic carbocycles. The number of nitrogens with one attached hydrogen (secondary N) is 3. The molecule has 0 saturated carbocycles.